The summed E-state index contributed by atoms with van der Waals surface area (Å²) in [6, 6.07) is 0.311. The lowest BCUT2D eigenvalue weighted by Crippen LogP contribution is -2.45. The van der Waals surface area contributed by atoms with E-state index in [4.69, 9.17) is 10.8 Å². The van der Waals surface area contributed by atoms with Crippen molar-refractivity contribution in [1.82, 2.24) is 5.32 Å². The molecule has 0 radical (unpaired) electrons. The summed E-state index contributed by atoms with van der Waals surface area (Å²) >= 11 is 0. The molecule has 1 unspecified atom stereocenters. The minimum Gasteiger partial charge on any atom is -0.480 e. The van der Waals surface area contributed by atoms with Gasteiger partial charge in [0.1, 0.15) is 6.04 Å². The summed E-state index contributed by atoms with van der Waals surface area (Å²) in [6.45, 7) is 0. The van der Waals surface area contributed by atoms with Crippen LogP contribution in [0.4, 0.5) is 10.5 Å². The molecule has 5 N–H and O–H groups in total. The summed E-state index contributed by atoms with van der Waals surface area (Å²) in [6.07, 6.45) is 5.55. The van der Waals surface area contributed by atoms with E-state index in [2.05, 4.69) is 16.7 Å². The molecule has 1 atom stereocenters. The highest BCUT2D eigenvalue weighted by Gasteiger charge is 2.27. The zero-order valence-electron chi connectivity index (χ0n) is 13.4. The molecular formula is C17H21N3O4. The number of carbonyl (C=O) groups is 3. The maximum absolute atomic E-state index is 12.3. The Balaban J connectivity index is 1.80. The first-order valence-corrected chi connectivity index (χ1v) is 8.21. The normalized spacial score (nSPS) is 16.2. The SMILES string of the molecule is NC(=O)CC(NC(=O)Nc1c2c(cc3c1CCC3)CCC2)C(=O)O. The molecule has 0 saturated heterocycles. The molecule has 0 aliphatic heterocycles. The first-order valence-electron chi connectivity index (χ1n) is 8.21. The number of nitrogens with two attached hydrogens (primary N) is 1. The Morgan fingerprint density at radius 2 is 1.67 bits per heavy atom. The van der Waals surface area contributed by atoms with Gasteiger partial charge in [-0.25, -0.2) is 9.59 Å². The number of fused-ring (bicyclic) bond motifs is 2. The van der Waals surface area contributed by atoms with Gasteiger partial charge in [0.25, 0.3) is 0 Å². The van der Waals surface area contributed by atoms with Gasteiger partial charge in [0.2, 0.25) is 5.91 Å². The van der Waals surface area contributed by atoms with Crippen LogP contribution in [0.3, 0.4) is 0 Å². The van der Waals surface area contributed by atoms with Crippen molar-refractivity contribution >= 4 is 23.6 Å². The Morgan fingerprint density at radius 1 is 1.08 bits per heavy atom. The Kier molecular flexibility index (Phi) is 4.42. The van der Waals surface area contributed by atoms with E-state index in [-0.39, 0.29) is 0 Å². The average molecular weight is 331 g/mol. The first-order chi connectivity index (χ1) is 11.5. The van der Waals surface area contributed by atoms with Crippen molar-refractivity contribution in [2.24, 2.45) is 5.73 Å². The first kappa shape index (κ1) is 16.3. The molecule has 7 nitrogen and oxygen atoms in total. The van der Waals surface area contributed by atoms with Crippen molar-refractivity contribution in [2.75, 3.05) is 5.32 Å². The monoisotopic (exact) mass is 331 g/mol. The fourth-order valence-electron chi connectivity index (χ4n) is 3.68. The van der Waals surface area contributed by atoms with E-state index in [0.29, 0.717) is 0 Å². The summed E-state index contributed by atoms with van der Waals surface area (Å²) in [5.41, 5.74) is 10.7. The summed E-state index contributed by atoms with van der Waals surface area (Å²) in [5, 5.41) is 14.3. The summed E-state index contributed by atoms with van der Waals surface area (Å²) in [7, 11) is 0. The number of carbonyl (C=O) groups excluding carboxylic acids is 2. The number of carboxylic acids is 1. The minimum absolute atomic E-state index is 0.437. The second-order valence-electron chi connectivity index (χ2n) is 6.39. The number of urea groups is 1. The number of amides is 3. The second-order valence-corrected chi connectivity index (χ2v) is 6.39. The van der Waals surface area contributed by atoms with E-state index in [9.17, 15) is 14.4 Å². The number of rotatable bonds is 5. The summed E-state index contributed by atoms with van der Waals surface area (Å²) in [5.74, 6) is -2.06. The van der Waals surface area contributed by atoms with Crippen LogP contribution in [0, 0.1) is 0 Å². The molecule has 3 amide bonds. The second kappa shape index (κ2) is 6.51. The molecular weight excluding hydrogens is 310 g/mol. The maximum atomic E-state index is 12.3. The molecule has 1 aromatic rings. The Labute approximate surface area is 139 Å². The smallest absolute Gasteiger partial charge is 0.326 e. The van der Waals surface area contributed by atoms with Crippen LogP contribution in [0.1, 0.15) is 41.5 Å². The summed E-state index contributed by atoms with van der Waals surface area (Å²) < 4.78 is 0. The lowest BCUT2D eigenvalue weighted by molar-refractivity contribution is -0.140. The number of nitrogens with one attached hydrogen (secondary N) is 2. The molecule has 0 spiro atoms. The van der Waals surface area contributed by atoms with Gasteiger partial charge < -0.3 is 21.5 Å². The number of hydrogen-bond acceptors (Lipinski definition) is 3. The van der Waals surface area contributed by atoms with E-state index in [0.717, 1.165) is 55.3 Å². The third-order valence-electron chi connectivity index (χ3n) is 4.72. The quantitative estimate of drug-likeness (QED) is 0.645. The van der Waals surface area contributed by atoms with Crippen molar-refractivity contribution in [1.29, 1.82) is 0 Å². The van der Waals surface area contributed by atoms with Gasteiger partial charge in [-0.1, -0.05) is 6.07 Å². The Morgan fingerprint density at radius 3 is 2.17 bits per heavy atom. The molecule has 0 fully saturated rings. The van der Waals surface area contributed by atoms with Crippen LogP contribution in [-0.2, 0) is 35.3 Å². The molecule has 0 bridgehead atoms. The predicted molar refractivity (Wildman–Crippen MR) is 87.9 cm³/mol. The highest BCUT2D eigenvalue weighted by atomic mass is 16.4. The molecule has 2 aliphatic rings. The lowest BCUT2D eigenvalue weighted by atomic mass is 9.99. The van der Waals surface area contributed by atoms with Gasteiger partial charge in [-0.2, -0.15) is 0 Å². The van der Waals surface area contributed by atoms with E-state index in [1.807, 2.05) is 0 Å². The zero-order chi connectivity index (χ0) is 17.3. The molecule has 2 aliphatic carbocycles. The molecule has 7 heteroatoms. The van der Waals surface area contributed by atoms with E-state index in [1.165, 1.54) is 11.1 Å². The number of primary amides is 1. The third-order valence-corrected chi connectivity index (χ3v) is 4.72. The molecule has 0 heterocycles. The molecule has 128 valence electrons. The minimum atomic E-state index is -1.33. The van der Waals surface area contributed by atoms with E-state index in [1.54, 1.807) is 0 Å². The van der Waals surface area contributed by atoms with Crippen molar-refractivity contribution in [3.05, 3.63) is 28.3 Å². The van der Waals surface area contributed by atoms with Crippen molar-refractivity contribution in [3.8, 4) is 0 Å². The number of carboxylic acid groups (broad SMARTS) is 1. The highest BCUT2D eigenvalue weighted by Crippen LogP contribution is 2.38. The van der Waals surface area contributed by atoms with E-state index < -0.39 is 30.4 Å². The molecule has 1 aromatic carbocycles. The van der Waals surface area contributed by atoms with Gasteiger partial charge in [-0.05, 0) is 60.8 Å². The van der Waals surface area contributed by atoms with Crippen LogP contribution in [0.15, 0.2) is 6.07 Å². The Bertz CT molecular complexity index is 682. The number of aliphatic carboxylic acids is 1. The van der Waals surface area contributed by atoms with Gasteiger partial charge >= 0.3 is 12.0 Å². The van der Waals surface area contributed by atoms with Crippen LogP contribution >= 0.6 is 0 Å². The van der Waals surface area contributed by atoms with Gasteiger partial charge in [-0.15, -0.1) is 0 Å². The van der Waals surface area contributed by atoms with Crippen LogP contribution in [0.2, 0.25) is 0 Å². The average Bonchev–Trinajstić information content (AvgIpc) is 3.14. The number of aryl methyl sites for hydroxylation is 2. The highest BCUT2D eigenvalue weighted by molar-refractivity contribution is 5.95. The van der Waals surface area contributed by atoms with Crippen molar-refractivity contribution < 1.29 is 19.5 Å². The van der Waals surface area contributed by atoms with Crippen LogP contribution in [0.5, 0.6) is 0 Å². The van der Waals surface area contributed by atoms with Crippen LogP contribution in [-0.4, -0.2) is 29.1 Å². The molecule has 0 saturated carbocycles. The van der Waals surface area contributed by atoms with Gasteiger partial charge in [0.05, 0.1) is 6.42 Å². The Hall–Kier alpha value is -2.57. The number of hydrogen-bond donors (Lipinski definition) is 4. The lowest BCUT2D eigenvalue weighted by Gasteiger charge is -2.18. The van der Waals surface area contributed by atoms with Crippen molar-refractivity contribution in [2.45, 2.75) is 51.0 Å². The van der Waals surface area contributed by atoms with Crippen molar-refractivity contribution in [3.63, 3.8) is 0 Å². The molecule has 3 rings (SSSR count). The van der Waals surface area contributed by atoms with Crippen LogP contribution in [0.25, 0.3) is 0 Å². The molecule has 0 aromatic heterocycles. The number of anilines is 1. The molecule has 24 heavy (non-hydrogen) atoms. The van der Waals surface area contributed by atoms with Gasteiger partial charge in [0, 0.05) is 5.69 Å². The summed E-state index contributed by atoms with van der Waals surface area (Å²) in [4.78, 5) is 34.4. The number of benzene rings is 1. The van der Waals surface area contributed by atoms with E-state index >= 15 is 0 Å². The zero-order valence-corrected chi connectivity index (χ0v) is 13.4. The fraction of sp³-hybridized carbons (Fsp3) is 0.471. The largest absolute Gasteiger partial charge is 0.480 e. The van der Waals surface area contributed by atoms with Gasteiger partial charge in [0.15, 0.2) is 0 Å². The van der Waals surface area contributed by atoms with Gasteiger partial charge in [-0.3, -0.25) is 4.79 Å². The topological polar surface area (TPSA) is 122 Å². The van der Waals surface area contributed by atoms with Crippen LogP contribution < -0.4 is 16.4 Å². The third kappa shape index (κ3) is 3.20. The maximum Gasteiger partial charge on any atom is 0.326 e. The standard InChI is InChI=1S/C17H21N3O4/c18-14(21)8-13(16(22)23)19-17(24)20-15-11-5-1-3-9(11)7-10-4-2-6-12(10)15/h7,13H,1-6,8H2,(H2,18,21)(H,22,23)(H2,19,20,24). The fourth-order valence-corrected chi connectivity index (χ4v) is 3.68. The predicted octanol–water partition coefficient (Wildman–Crippen LogP) is 1.11.